The van der Waals surface area contributed by atoms with Gasteiger partial charge in [0.1, 0.15) is 11.6 Å². The van der Waals surface area contributed by atoms with E-state index in [1.54, 1.807) is 25.1 Å². The van der Waals surface area contributed by atoms with E-state index in [9.17, 15) is 13.9 Å². The van der Waals surface area contributed by atoms with Gasteiger partial charge < -0.3 is 15.3 Å². The second-order valence-electron chi connectivity index (χ2n) is 5.31. The third-order valence-corrected chi connectivity index (χ3v) is 4.11. The number of likely N-dealkylation sites (N-methyl/N-ethyl adjacent to an activating group) is 1. The molecule has 2 aromatic carbocycles. The van der Waals surface area contributed by atoms with Gasteiger partial charge in [-0.2, -0.15) is 0 Å². The van der Waals surface area contributed by atoms with E-state index in [1.807, 2.05) is 38.1 Å². The quantitative estimate of drug-likeness (QED) is 0.665. The van der Waals surface area contributed by atoms with Crippen LogP contribution in [0.2, 0.25) is 0 Å². The van der Waals surface area contributed by atoms with Crippen molar-refractivity contribution >= 4 is 21.6 Å². The van der Waals surface area contributed by atoms with Gasteiger partial charge in [0.2, 0.25) is 0 Å². The summed E-state index contributed by atoms with van der Waals surface area (Å²) in [7, 11) is 1.68. The van der Waals surface area contributed by atoms with Gasteiger partial charge in [-0.1, -0.05) is 35.8 Å². The average molecular weight is 427 g/mol. The molecule has 2 N–H and O–H groups in total. The number of nitrogens with zero attached hydrogens (tertiary/aromatic N) is 1. The average Bonchev–Trinajstić information content (AvgIpc) is 2.63. The number of aliphatic hydroxyl groups excluding tert-OH is 1. The minimum atomic E-state index is -0.738. The minimum Gasteiger partial charge on any atom is -0.388 e. The van der Waals surface area contributed by atoms with Crippen LogP contribution in [0.15, 0.2) is 58.8 Å². The normalized spacial score (nSPS) is 12.1. The lowest BCUT2D eigenvalue weighted by Crippen LogP contribution is -2.25. The summed E-state index contributed by atoms with van der Waals surface area (Å²) < 4.78 is 28.9. The molecule has 0 saturated carbocycles. The molecule has 2 rings (SSSR count). The first-order chi connectivity index (χ1) is 12.4. The highest BCUT2D eigenvalue weighted by Crippen LogP contribution is 2.24. The highest BCUT2D eigenvalue weighted by molar-refractivity contribution is 9.10. The predicted molar refractivity (Wildman–Crippen MR) is 107 cm³/mol. The maximum Gasteiger partial charge on any atom is 0.131 e. The van der Waals surface area contributed by atoms with Crippen LogP contribution < -0.4 is 10.2 Å². The van der Waals surface area contributed by atoms with Crippen molar-refractivity contribution in [2.24, 2.45) is 0 Å². The second kappa shape index (κ2) is 10.9. The number of benzene rings is 2. The lowest BCUT2D eigenvalue weighted by atomic mass is 10.1. The van der Waals surface area contributed by atoms with Crippen molar-refractivity contribution in [3.8, 4) is 0 Å². The maximum absolute atomic E-state index is 14.0. The van der Waals surface area contributed by atoms with Crippen LogP contribution in [0.4, 0.5) is 14.5 Å². The molecule has 0 bridgehead atoms. The molecule has 0 heterocycles. The van der Waals surface area contributed by atoms with Crippen LogP contribution in [0.25, 0.3) is 0 Å². The summed E-state index contributed by atoms with van der Waals surface area (Å²) in [6, 6.07) is 11.1. The van der Waals surface area contributed by atoms with Gasteiger partial charge in [-0.25, -0.2) is 8.78 Å². The Kier molecular flexibility index (Phi) is 9.30. The molecule has 2 aromatic rings. The van der Waals surface area contributed by atoms with Gasteiger partial charge in [-0.15, -0.1) is 0 Å². The molecule has 0 saturated heterocycles. The third kappa shape index (κ3) is 6.11. The maximum atomic E-state index is 14.0. The molecule has 142 valence electrons. The number of rotatable bonds is 6. The molecule has 1 unspecified atom stereocenters. The number of anilines is 1. The first kappa shape index (κ1) is 22.1. The largest absolute Gasteiger partial charge is 0.388 e. The van der Waals surface area contributed by atoms with Gasteiger partial charge >= 0.3 is 0 Å². The molecule has 6 heteroatoms. The Morgan fingerprint density at radius 1 is 1.15 bits per heavy atom. The zero-order valence-corrected chi connectivity index (χ0v) is 17.0. The summed E-state index contributed by atoms with van der Waals surface area (Å²) in [5.41, 5.74) is 1.25. The van der Waals surface area contributed by atoms with Crippen LogP contribution in [0, 0.1) is 11.6 Å². The zero-order valence-electron chi connectivity index (χ0n) is 15.4. The summed E-state index contributed by atoms with van der Waals surface area (Å²) in [4.78, 5) is 1.69. The van der Waals surface area contributed by atoms with E-state index in [0.29, 0.717) is 5.70 Å². The number of hydrogen-bond donors (Lipinski definition) is 2. The zero-order chi connectivity index (χ0) is 19.7. The van der Waals surface area contributed by atoms with Crippen LogP contribution in [0.1, 0.15) is 26.3 Å². The van der Waals surface area contributed by atoms with Crippen LogP contribution in [0.3, 0.4) is 0 Å². The molecular formula is C20H25BrF2N2O. The summed E-state index contributed by atoms with van der Waals surface area (Å²) >= 11 is 3.37. The molecule has 0 aliphatic rings. The monoisotopic (exact) mass is 426 g/mol. The minimum absolute atomic E-state index is 0.00195. The van der Waals surface area contributed by atoms with Crippen LogP contribution in [-0.2, 0) is 6.54 Å². The fourth-order valence-corrected chi connectivity index (χ4v) is 2.51. The lowest BCUT2D eigenvalue weighted by molar-refractivity contribution is 0.223. The summed E-state index contributed by atoms with van der Waals surface area (Å²) in [5, 5.41) is 12.7. The highest BCUT2D eigenvalue weighted by Gasteiger charge is 2.15. The van der Waals surface area contributed by atoms with Crippen LogP contribution in [0.5, 0.6) is 0 Å². The summed E-state index contributed by atoms with van der Waals surface area (Å²) in [6.45, 7) is 5.61. The number of hydrogen-bond acceptors (Lipinski definition) is 3. The van der Waals surface area contributed by atoms with Gasteiger partial charge in [-0.3, -0.25) is 0 Å². The Morgan fingerprint density at radius 2 is 1.69 bits per heavy atom. The Bertz CT molecular complexity index is 698. The van der Waals surface area contributed by atoms with Crippen molar-refractivity contribution in [2.45, 2.75) is 33.4 Å². The van der Waals surface area contributed by atoms with Crippen molar-refractivity contribution in [1.82, 2.24) is 5.32 Å². The van der Waals surface area contributed by atoms with Crippen molar-refractivity contribution < 1.29 is 13.9 Å². The van der Waals surface area contributed by atoms with E-state index in [-0.39, 0.29) is 12.1 Å². The molecule has 3 nitrogen and oxygen atoms in total. The number of aliphatic hydroxyl groups is 1. The van der Waals surface area contributed by atoms with E-state index in [4.69, 9.17) is 0 Å². The third-order valence-electron chi connectivity index (χ3n) is 3.58. The predicted octanol–water partition coefficient (Wildman–Crippen LogP) is 5.20. The first-order valence-corrected chi connectivity index (χ1v) is 9.24. The van der Waals surface area contributed by atoms with Gasteiger partial charge in [0.05, 0.1) is 18.3 Å². The van der Waals surface area contributed by atoms with E-state index in [0.717, 1.165) is 10.2 Å². The smallest absolute Gasteiger partial charge is 0.131 e. The van der Waals surface area contributed by atoms with Gasteiger partial charge in [0.15, 0.2) is 0 Å². The van der Waals surface area contributed by atoms with Crippen LogP contribution >= 0.6 is 15.9 Å². The van der Waals surface area contributed by atoms with E-state index in [1.165, 1.54) is 18.2 Å². The van der Waals surface area contributed by atoms with Crippen molar-refractivity contribution in [1.29, 1.82) is 0 Å². The summed E-state index contributed by atoms with van der Waals surface area (Å²) in [5.74, 6) is -1.21. The Morgan fingerprint density at radius 3 is 2.15 bits per heavy atom. The first-order valence-electron chi connectivity index (χ1n) is 8.45. The molecule has 0 aromatic heterocycles. The molecule has 0 aliphatic carbocycles. The molecule has 0 fully saturated rings. The van der Waals surface area contributed by atoms with Crippen LogP contribution in [-0.4, -0.2) is 18.3 Å². The van der Waals surface area contributed by atoms with Gasteiger partial charge in [-0.05, 0) is 43.3 Å². The molecule has 0 radical (unpaired) electrons. The Balaban J connectivity index is 0.00000163. The number of nitrogens with one attached hydrogen (secondary N) is 1. The Labute approximate surface area is 162 Å². The van der Waals surface area contributed by atoms with Gasteiger partial charge in [0, 0.05) is 29.0 Å². The SMILES string of the molecule is CC.CN/C(=C\N(Cc1c(F)cccc1F)c1ccc(Br)cc1)C(C)O. The van der Waals surface area contributed by atoms with E-state index < -0.39 is 17.7 Å². The molecule has 1 atom stereocenters. The van der Waals surface area contributed by atoms with Gasteiger partial charge in [0.25, 0.3) is 0 Å². The molecule has 26 heavy (non-hydrogen) atoms. The standard InChI is InChI=1S/C18H19BrF2N2O.C2H6/c1-12(24)18(22-2)11-23(14-8-6-13(19)7-9-14)10-15-16(20)4-3-5-17(15)21;1-2/h3-9,11-12,22,24H,10H2,1-2H3;1-2H3/b18-11-;. The lowest BCUT2D eigenvalue weighted by Gasteiger charge is -2.24. The molecule has 0 spiro atoms. The fraction of sp³-hybridized carbons (Fsp3) is 0.300. The van der Waals surface area contributed by atoms with Crippen molar-refractivity contribution in [3.05, 3.63) is 76.0 Å². The topological polar surface area (TPSA) is 35.5 Å². The molecule has 0 amide bonds. The van der Waals surface area contributed by atoms with Crippen molar-refractivity contribution in [2.75, 3.05) is 11.9 Å². The molecule has 0 aliphatic heterocycles. The van der Waals surface area contributed by atoms with E-state index >= 15 is 0 Å². The second-order valence-corrected chi connectivity index (χ2v) is 6.23. The Hall–Kier alpha value is -1.92. The fourth-order valence-electron chi connectivity index (χ4n) is 2.25. The highest BCUT2D eigenvalue weighted by atomic mass is 79.9. The molecular weight excluding hydrogens is 402 g/mol. The van der Waals surface area contributed by atoms with Crippen molar-refractivity contribution in [3.63, 3.8) is 0 Å². The summed E-state index contributed by atoms with van der Waals surface area (Å²) in [6.07, 6.45) is 0.915. The van der Waals surface area contributed by atoms with E-state index in [2.05, 4.69) is 21.2 Å². The number of halogens is 3.